The maximum Gasteiger partial charge on any atom is 0.333 e. The highest BCUT2D eigenvalue weighted by Gasteiger charge is 2.15. The van der Waals surface area contributed by atoms with E-state index in [4.69, 9.17) is 18.9 Å². The molecule has 7 nitrogen and oxygen atoms in total. The van der Waals surface area contributed by atoms with Crippen LogP contribution in [0.3, 0.4) is 0 Å². The summed E-state index contributed by atoms with van der Waals surface area (Å²) in [5.74, 6) is 1.33. The Balaban J connectivity index is 2.03. The van der Waals surface area contributed by atoms with E-state index in [9.17, 15) is 15.2 Å². The Morgan fingerprint density at radius 3 is 2.23 bits per heavy atom. The molecule has 1 N–H and O–H groups in total. The normalized spacial score (nSPS) is 10.9. The number of rotatable bonds is 13. The van der Waals surface area contributed by atoms with Gasteiger partial charge in [-0.2, -0.15) is 5.26 Å². The lowest BCUT2D eigenvalue weighted by Gasteiger charge is -2.15. The van der Waals surface area contributed by atoms with Gasteiger partial charge in [0.2, 0.25) is 5.75 Å². The van der Waals surface area contributed by atoms with Crippen molar-refractivity contribution in [3.8, 4) is 29.1 Å². The third-order valence-electron chi connectivity index (χ3n) is 5.29. The molecule has 0 fully saturated rings. The zero-order valence-electron chi connectivity index (χ0n) is 20.8. The molecule has 0 aliphatic heterocycles. The molecule has 0 aliphatic carbocycles. The Morgan fingerprint density at radius 1 is 1.06 bits per heavy atom. The van der Waals surface area contributed by atoms with Gasteiger partial charge in [0.05, 0.1) is 39.1 Å². The van der Waals surface area contributed by atoms with Crippen LogP contribution in [0.2, 0.25) is 0 Å². The first-order valence-electron chi connectivity index (χ1n) is 11.4. The van der Waals surface area contributed by atoms with Crippen molar-refractivity contribution >= 4 is 17.6 Å². The van der Waals surface area contributed by atoms with Gasteiger partial charge in [-0.05, 0) is 92.6 Å². The summed E-state index contributed by atoms with van der Waals surface area (Å²) in [7, 11) is 3.10. The number of esters is 1. The molecular weight excluding hydrogens is 446 g/mol. The molecule has 7 heteroatoms. The Hall–Kier alpha value is -3.92. The minimum Gasteiger partial charge on any atom is -0.508 e. The molecule has 35 heavy (non-hydrogen) atoms. The van der Waals surface area contributed by atoms with E-state index in [1.807, 2.05) is 0 Å². The predicted octanol–water partition coefficient (Wildman–Crippen LogP) is 5.84. The summed E-state index contributed by atoms with van der Waals surface area (Å²) in [5.41, 5.74) is 2.96. The van der Waals surface area contributed by atoms with Crippen molar-refractivity contribution in [2.45, 2.75) is 39.5 Å². The minimum absolute atomic E-state index is 0.182. The van der Waals surface area contributed by atoms with Crippen molar-refractivity contribution in [3.63, 3.8) is 0 Å². The molecule has 2 aromatic rings. The summed E-state index contributed by atoms with van der Waals surface area (Å²) in [6.07, 6.45) is 5.18. The van der Waals surface area contributed by atoms with Gasteiger partial charge in [-0.1, -0.05) is 6.58 Å². The van der Waals surface area contributed by atoms with Gasteiger partial charge >= 0.3 is 5.97 Å². The topological polar surface area (TPSA) is 98.0 Å². The van der Waals surface area contributed by atoms with Crippen LogP contribution < -0.4 is 14.2 Å². The van der Waals surface area contributed by atoms with E-state index < -0.39 is 0 Å². The number of ether oxygens (including phenoxy) is 4. The summed E-state index contributed by atoms with van der Waals surface area (Å²) < 4.78 is 22.1. The van der Waals surface area contributed by atoms with Crippen LogP contribution in [0.4, 0.5) is 0 Å². The molecule has 0 bridgehead atoms. The molecule has 0 amide bonds. The predicted molar refractivity (Wildman–Crippen MR) is 136 cm³/mol. The number of nitriles is 1. The highest BCUT2D eigenvalue weighted by atomic mass is 16.5. The van der Waals surface area contributed by atoms with Gasteiger partial charge < -0.3 is 24.1 Å². The fourth-order valence-corrected chi connectivity index (χ4v) is 3.32. The van der Waals surface area contributed by atoms with Crippen LogP contribution in [0.5, 0.6) is 23.0 Å². The first-order valence-corrected chi connectivity index (χ1v) is 11.4. The van der Waals surface area contributed by atoms with Crippen LogP contribution in [0.1, 0.15) is 49.3 Å². The van der Waals surface area contributed by atoms with Gasteiger partial charge in [-0.15, -0.1) is 0 Å². The van der Waals surface area contributed by atoms with Gasteiger partial charge in [0.15, 0.2) is 11.5 Å². The lowest BCUT2D eigenvalue weighted by atomic mass is 10.0. The lowest BCUT2D eigenvalue weighted by Crippen LogP contribution is -2.06. The number of aryl methyl sites for hydroxylation is 1. The highest BCUT2D eigenvalue weighted by molar-refractivity contribution is 5.90. The molecule has 2 aromatic carbocycles. The smallest absolute Gasteiger partial charge is 0.333 e. The summed E-state index contributed by atoms with van der Waals surface area (Å²) >= 11 is 0. The maximum atomic E-state index is 11.4. The third kappa shape index (κ3) is 8.11. The average Bonchev–Trinajstić information content (AvgIpc) is 2.85. The Kier molecular flexibility index (Phi) is 10.7. The molecule has 2 rings (SSSR count). The number of aromatic hydroxyl groups is 1. The molecule has 0 heterocycles. The van der Waals surface area contributed by atoms with Gasteiger partial charge in [-0.25, -0.2) is 4.79 Å². The largest absolute Gasteiger partial charge is 0.508 e. The summed E-state index contributed by atoms with van der Waals surface area (Å²) in [5, 5.41) is 19.4. The first kappa shape index (κ1) is 27.3. The number of phenolic OH excluding ortho intramolecular Hbond substituents is 1. The number of nitrogens with zero attached hydrogens (tertiary/aromatic N) is 1. The monoisotopic (exact) mass is 479 g/mol. The van der Waals surface area contributed by atoms with E-state index in [1.165, 1.54) is 0 Å². The van der Waals surface area contributed by atoms with Crippen LogP contribution in [0, 0.1) is 18.3 Å². The summed E-state index contributed by atoms with van der Waals surface area (Å²) in [6.45, 7) is 7.83. The van der Waals surface area contributed by atoms with Crippen LogP contribution in [0.15, 0.2) is 42.5 Å². The molecular formula is C28H33NO6. The number of hydrogen-bond donors (Lipinski definition) is 1. The quantitative estimate of drug-likeness (QED) is 0.127. The van der Waals surface area contributed by atoms with Crippen LogP contribution in [0.25, 0.3) is 11.6 Å². The Morgan fingerprint density at radius 2 is 1.69 bits per heavy atom. The van der Waals surface area contributed by atoms with E-state index in [0.717, 1.165) is 31.2 Å². The molecule has 0 saturated heterocycles. The van der Waals surface area contributed by atoms with Crippen molar-refractivity contribution in [2.75, 3.05) is 27.4 Å². The van der Waals surface area contributed by atoms with Gasteiger partial charge in [0.1, 0.15) is 5.75 Å². The molecule has 0 spiro atoms. The van der Waals surface area contributed by atoms with E-state index in [2.05, 4.69) is 12.6 Å². The van der Waals surface area contributed by atoms with Crippen molar-refractivity contribution in [1.82, 2.24) is 0 Å². The summed E-state index contributed by atoms with van der Waals surface area (Å²) in [6, 6.07) is 10.8. The summed E-state index contributed by atoms with van der Waals surface area (Å²) in [4.78, 5) is 11.4. The fraction of sp³-hybridized carbons (Fsp3) is 0.357. The molecule has 0 aromatic heterocycles. The van der Waals surface area contributed by atoms with Crippen molar-refractivity contribution in [2.24, 2.45) is 0 Å². The molecule has 0 saturated carbocycles. The zero-order chi connectivity index (χ0) is 25.8. The number of allylic oxidation sites excluding steroid dienone is 1. The molecule has 0 aliphatic rings. The Bertz CT molecular complexity index is 1090. The van der Waals surface area contributed by atoms with E-state index in [-0.39, 0.29) is 11.7 Å². The number of methoxy groups -OCH3 is 2. The van der Waals surface area contributed by atoms with E-state index in [1.54, 1.807) is 64.5 Å². The van der Waals surface area contributed by atoms with Gasteiger partial charge in [0, 0.05) is 5.57 Å². The second-order valence-electron chi connectivity index (χ2n) is 8.10. The van der Waals surface area contributed by atoms with E-state index in [0.29, 0.717) is 52.7 Å². The van der Waals surface area contributed by atoms with Gasteiger partial charge in [-0.3, -0.25) is 0 Å². The SMILES string of the molecule is C=C(C)C(=O)OCCCCCCOc1c(OC)cc(/C=C(\C#N)c2ccc(O)c(C)c2)cc1OC. The average molecular weight is 480 g/mol. The second kappa shape index (κ2) is 13.7. The number of benzene rings is 2. The van der Waals surface area contributed by atoms with Crippen LogP contribution >= 0.6 is 0 Å². The third-order valence-corrected chi connectivity index (χ3v) is 5.29. The zero-order valence-corrected chi connectivity index (χ0v) is 20.8. The molecule has 186 valence electrons. The van der Waals surface area contributed by atoms with Crippen molar-refractivity contribution in [3.05, 3.63) is 59.2 Å². The maximum absolute atomic E-state index is 11.4. The van der Waals surface area contributed by atoms with Gasteiger partial charge in [0.25, 0.3) is 0 Å². The standard InChI is InChI=1S/C28H33NO6/c1-19(2)28(31)35-13-9-7-6-8-12-34-27-25(32-4)16-21(17-26(27)33-5)15-23(18-29)22-10-11-24(30)20(3)14-22/h10-11,14-17,30H,1,6-9,12-13H2,2-5H3/b23-15+. The molecule has 0 radical (unpaired) electrons. The number of hydrogen-bond acceptors (Lipinski definition) is 7. The van der Waals surface area contributed by atoms with Crippen LogP contribution in [-0.4, -0.2) is 38.5 Å². The van der Waals surface area contributed by atoms with E-state index >= 15 is 0 Å². The second-order valence-corrected chi connectivity index (χ2v) is 8.10. The number of carbonyl (C=O) groups is 1. The number of carbonyl (C=O) groups excluding carboxylic acids is 1. The van der Waals surface area contributed by atoms with Crippen LogP contribution in [-0.2, 0) is 9.53 Å². The van der Waals surface area contributed by atoms with Crippen molar-refractivity contribution < 1.29 is 28.8 Å². The van der Waals surface area contributed by atoms with Crippen molar-refractivity contribution in [1.29, 1.82) is 5.26 Å². The fourth-order valence-electron chi connectivity index (χ4n) is 3.32. The minimum atomic E-state index is -0.356. The first-order chi connectivity index (χ1) is 16.8. The lowest BCUT2D eigenvalue weighted by molar-refractivity contribution is -0.139. The number of phenols is 1. The molecule has 0 unspecified atom stereocenters. The molecule has 0 atom stereocenters. The number of unbranched alkanes of at least 4 members (excludes halogenated alkanes) is 3. The highest BCUT2D eigenvalue weighted by Crippen LogP contribution is 2.39. The Labute approximate surface area is 207 Å².